The van der Waals surface area contributed by atoms with Crippen LogP contribution in [0, 0.1) is 0 Å². The van der Waals surface area contributed by atoms with Crippen molar-refractivity contribution in [2.24, 2.45) is 0 Å². The quantitative estimate of drug-likeness (QED) is 0.530. The fourth-order valence-electron chi connectivity index (χ4n) is 3.31. The molecule has 30 heavy (non-hydrogen) atoms. The van der Waals surface area contributed by atoms with Crippen molar-refractivity contribution in [3.05, 3.63) is 102 Å². The van der Waals surface area contributed by atoms with E-state index in [1.165, 1.54) is 4.90 Å². The lowest BCUT2D eigenvalue weighted by Gasteiger charge is -2.32. The number of ether oxygens (including phenoxy) is 2. The number of carbonyl (C=O) groups excluding carboxylic acids is 2. The normalized spacial score (nSPS) is 11.0. The number of hydrogen-bond acceptors (Lipinski definition) is 4. The van der Waals surface area contributed by atoms with E-state index < -0.39 is 18.2 Å². The van der Waals surface area contributed by atoms with Crippen LogP contribution in [-0.4, -0.2) is 32.1 Å². The molecule has 0 radical (unpaired) electrons. The second-order valence-electron chi connectivity index (χ2n) is 6.71. The number of likely N-dealkylation sites (N-methyl/N-ethyl adjacent to an activating group) is 1. The van der Waals surface area contributed by atoms with E-state index in [2.05, 4.69) is 0 Å². The van der Waals surface area contributed by atoms with Crippen molar-refractivity contribution < 1.29 is 19.1 Å². The van der Waals surface area contributed by atoms with E-state index in [1.807, 2.05) is 97.9 Å². The topological polar surface area (TPSA) is 55.8 Å². The summed E-state index contributed by atoms with van der Waals surface area (Å²) in [5.41, 5.74) is 0.558. The largest absolute Gasteiger partial charge is 0.453 e. The minimum Gasteiger partial charge on any atom is -0.453 e. The third kappa shape index (κ3) is 4.42. The van der Waals surface area contributed by atoms with E-state index in [-0.39, 0.29) is 12.5 Å². The van der Waals surface area contributed by atoms with E-state index in [4.69, 9.17) is 9.47 Å². The van der Waals surface area contributed by atoms with Crippen LogP contribution in [0.15, 0.2) is 91.0 Å². The molecule has 1 amide bonds. The Morgan fingerprint density at radius 1 is 0.800 bits per heavy atom. The van der Waals surface area contributed by atoms with Crippen LogP contribution in [0.3, 0.4) is 0 Å². The minimum atomic E-state index is -1.46. The summed E-state index contributed by atoms with van der Waals surface area (Å²) in [6, 6.07) is 27.6. The van der Waals surface area contributed by atoms with Crippen molar-refractivity contribution in [1.29, 1.82) is 0 Å². The highest BCUT2D eigenvalue weighted by Crippen LogP contribution is 2.35. The first kappa shape index (κ1) is 21.3. The van der Waals surface area contributed by atoms with E-state index in [1.54, 1.807) is 7.05 Å². The molecule has 0 saturated heterocycles. The van der Waals surface area contributed by atoms with Crippen LogP contribution in [0.2, 0.25) is 0 Å². The van der Waals surface area contributed by atoms with Gasteiger partial charge in [0.25, 0.3) is 5.91 Å². The molecular formula is C25H25NO4. The molecule has 0 fully saturated rings. The Morgan fingerprint density at radius 3 is 1.73 bits per heavy atom. The van der Waals surface area contributed by atoms with Crippen molar-refractivity contribution in [2.75, 3.05) is 25.2 Å². The maximum absolute atomic E-state index is 13.4. The highest BCUT2D eigenvalue weighted by molar-refractivity contribution is 5.95. The summed E-state index contributed by atoms with van der Waals surface area (Å²) in [7, 11) is 1.65. The van der Waals surface area contributed by atoms with Gasteiger partial charge in [0.2, 0.25) is 5.60 Å². The fraction of sp³-hybridized carbons (Fsp3) is 0.200. The van der Waals surface area contributed by atoms with Crippen LogP contribution in [0.5, 0.6) is 0 Å². The fourth-order valence-corrected chi connectivity index (χ4v) is 3.31. The highest BCUT2D eigenvalue weighted by atomic mass is 16.6. The molecule has 0 bridgehead atoms. The molecule has 0 aliphatic heterocycles. The van der Waals surface area contributed by atoms with Gasteiger partial charge < -0.3 is 14.4 Å². The maximum Gasteiger partial charge on any atom is 0.348 e. The lowest BCUT2D eigenvalue weighted by Crippen LogP contribution is -2.43. The van der Waals surface area contributed by atoms with E-state index in [0.29, 0.717) is 11.1 Å². The zero-order valence-electron chi connectivity index (χ0n) is 17.2. The van der Waals surface area contributed by atoms with Crippen LogP contribution in [0.25, 0.3) is 0 Å². The number of nitrogens with zero attached hydrogens (tertiary/aromatic N) is 1. The van der Waals surface area contributed by atoms with Gasteiger partial charge in [0.1, 0.15) is 0 Å². The molecule has 3 aromatic rings. The molecular weight excluding hydrogens is 378 g/mol. The van der Waals surface area contributed by atoms with Gasteiger partial charge in [0.05, 0.1) is 0 Å². The van der Waals surface area contributed by atoms with Gasteiger partial charge in [0, 0.05) is 19.3 Å². The zero-order chi connectivity index (χ0) is 21.4. The molecule has 154 valence electrons. The minimum absolute atomic E-state index is 0.288. The lowest BCUT2D eigenvalue weighted by molar-refractivity contribution is -0.169. The molecule has 0 N–H and O–H groups in total. The second-order valence-corrected chi connectivity index (χ2v) is 6.71. The summed E-state index contributed by atoms with van der Waals surface area (Å²) >= 11 is 0. The molecule has 5 nitrogen and oxygen atoms in total. The zero-order valence-corrected chi connectivity index (χ0v) is 17.2. The standard InChI is InChI=1S/C25H25NO4/c1-3-30-25(20-13-7-4-8-14-20,21-15-9-5-10-16-21)24(28)29-19-23(27)26(2)22-17-11-6-12-18-22/h4-18H,3,19H2,1-2H3. The summed E-state index contributed by atoms with van der Waals surface area (Å²) in [6.45, 7) is 1.72. The summed E-state index contributed by atoms with van der Waals surface area (Å²) in [4.78, 5) is 27.5. The number of anilines is 1. The van der Waals surface area contributed by atoms with Gasteiger partial charge in [-0.1, -0.05) is 78.9 Å². The number of benzene rings is 3. The summed E-state index contributed by atoms with van der Waals surface area (Å²) in [5, 5.41) is 0. The van der Waals surface area contributed by atoms with Crippen molar-refractivity contribution >= 4 is 17.6 Å². The highest BCUT2D eigenvalue weighted by Gasteiger charge is 2.45. The van der Waals surface area contributed by atoms with E-state index >= 15 is 0 Å². The number of esters is 1. The van der Waals surface area contributed by atoms with Crippen LogP contribution >= 0.6 is 0 Å². The first-order valence-corrected chi connectivity index (χ1v) is 9.83. The van der Waals surface area contributed by atoms with Crippen molar-refractivity contribution in [3.8, 4) is 0 Å². The number of hydrogen-bond donors (Lipinski definition) is 0. The molecule has 3 rings (SSSR count). The predicted molar refractivity (Wildman–Crippen MR) is 116 cm³/mol. The molecule has 5 heteroatoms. The Balaban J connectivity index is 1.88. The maximum atomic E-state index is 13.4. The van der Waals surface area contributed by atoms with Crippen LogP contribution in [-0.2, 0) is 24.7 Å². The van der Waals surface area contributed by atoms with E-state index in [9.17, 15) is 9.59 Å². The monoisotopic (exact) mass is 403 g/mol. The number of carbonyl (C=O) groups is 2. The van der Waals surface area contributed by atoms with Crippen molar-refractivity contribution in [2.45, 2.75) is 12.5 Å². The van der Waals surface area contributed by atoms with Crippen molar-refractivity contribution in [3.63, 3.8) is 0 Å². The molecule has 0 aromatic heterocycles. The van der Waals surface area contributed by atoms with Gasteiger partial charge in [-0.25, -0.2) is 4.79 Å². The Morgan fingerprint density at radius 2 is 1.27 bits per heavy atom. The summed E-state index contributed by atoms with van der Waals surface area (Å²) in [5.74, 6) is -0.961. The van der Waals surface area contributed by atoms with Crippen molar-refractivity contribution in [1.82, 2.24) is 0 Å². The van der Waals surface area contributed by atoms with Crippen LogP contribution < -0.4 is 4.90 Å². The Kier molecular flexibility index (Phi) is 6.99. The second kappa shape index (κ2) is 9.85. The third-order valence-corrected chi connectivity index (χ3v) is 4.85. The van der Waals surface area contributed by atoms with E-state index in [0.717, 1.165) is 5.69 Å². The van der Waals surface area contributed by atoms with Gasteiger partial charge in [-0.05, 0) is 30.2 Å². The first-order valence-electron chi connectivity index (χ1n) is 9.83. The number of para-hydroxylation sites is 1. The van der Waals surface area contributed by atoms with Gasteiger partial charge in [-0.15, -0.1) is 0 Å². The third-order valence-electron chi connectivity index (χ3n) is 4.85. The van der Waals surface area contributed by atoms with Crippen LogP contribution in [0.4, 0.5) is 5.69 Å². The molecule has 0 saturated carbocycles. The molecule has 0 spiro atoms. The van der Waals surface area contributed by atoms with Crippen LogP contribution in [0.1, 0.15) is 18.1 Å². The average molecular weight is 403 g/mol. The van der Waals surface area contributed by atoms with Gasteiger partial charge >= 0.3 is 5.97 Å². The smallest absolute Gasteiger partial charge is 0.348 e. The number of amides is 1. The summed E-state index contributed by atoms with van der Waals surface area (Å²) in [6.07, 6.45) is 0. The Bertz CT molecular complexity index is 919. The lowest BCUT2D eigenvalue weighted by atomic mass is 9.86. The van der Waals surface area contributed by atoms with Gasteiger partial charge in [-0.2, -0.15) is 0 Å². The Hall–Kier alpha value is -3.44. The molecule has 0 aliphatic rings. The Labute approximate surface area is 176 Å². The molecule has 3 aromatic carbocycles. The molecule has 0 heterocycles. The summed E-state index contributed by atoms with van der Waals surface area (Å²) < 4.78 is 11.6. The molecule has 0 unspecified atom stereocenters. The van der Waals surface area contributed by atoms with Gasteiger partial charge in [0.15, 0.2) is 6.61 Å². The molecule has 0 aliphatic carbocycles. The average Bonchev–Trinajstić information content (AvgIpc) is 2.82. The number of rotatable bonds is 8. The first-order chi connectivity index (χ1) is 14.6. The predicted octanol–water partition coefficient (Wildman–Crippen LogP) is 4.17. The SMILES string of the molecule is CCOC(C(=O)OCC(=O)N(C)c1ccccc1)(c1ccccc1)c1ccccc1. The van der Waals surface area contributed by atoms with Gasteiger partial charge in [-0.3, -0.25) is 4.79 Å². The molecule has 0 atom stereocenters.